The molecule has 0 spiro atoms. The smallest absolute Gasteiger partial charge is 0.328 e. The first-order valence-electron chi connectivity index (χ1n) is 6.94. The molecule has 1 aliphatic heterocycles. The number of carboxylic acid groups (broad SMARTS) is 1. The van der Waals surface area contributed by atoms with E-state index in [9.17, 15) is 14.7 Å². The SMILES string of the molecule is Cc1ccc(OC(C)C(=O)N2CCOCC2C(=O)O)c(Br)c1. The van der Waals surface area contributed by atoms with Gasteiger partial charge in [0.05, 0.1) is 17.7 Å². The predicted octanol–water partition coefficient (Wildman–Crippen LogP) is 1.84. The molecule has 1 heterocycles. The van der Waals surface area contributed by atoms with Crippen molar-refractivity contribution in [3.8, 4) is 5.75 Å². The monoisotopic (exact) mass is 371 g/mol. The van der Waals surface area contributed by atoms with Gasteiger partial charge in [0.2, 0.25) is 0 Å². The molecule has 0 aromatic heterocycles. The Morgan fingerprint density at radius 3 is 2.86 bits per heavy atom. The third-order valence-corrected chi connectivity index (χ3v) is 4.06. The van der Waals surface area contributed by atoms with Crippen LogP contribution in [0.4, 0.5) is 0 Å². The van der Waals surface area contributed by atoms with Crippen LogP contribution in [-0.4, -0.2) is 53.8 Å². The van der Waals surface area contributed by atoms with Crippen LogP contribution in [-0.2, 0) is 14.3 Å². The number of morpholine rings is 1. The standard InChI is InChI=1S/C15H18BrNO5/c1-9-3-4-13(11(16)7-9)22-10(2)14(18)17-5-6-21-8-12(17)15(19)20/h3-4,7,10,12H,5-6,8H2,1-2H3,(H,19,20). The Labute approximate surface area is 137 Å². The molecule has 2 rings (SSSR count). The van der Waals surface area contributed by atoms with Gasteiger partial charge in [-0.25, -0.2) is 4.79 Å². The van der Waals surface area contributed by atoms with Crippen LogP contribution in [0.1, 0.15) is 12.5 Å². The Hall–Kier alpha value is -1.60. The molecule has 0 bridgehead atoms. The lowest BCUT2D eigenvalue weighted by molar-refractivity contribution is -0.161. The summed E-state index contributed by atoms with van der Waals surface area (Å²) in [4.78, 5) is 25.0. The number of hydrogen-bond acceptors (Lipinski definition) is 4. The summed E-state index contributed by atoms with van der Waals surface area (Å²) in [5.41, 5.74) is 1.07. The van der Waals surface area contributed by atoms with Crippen molar-refractivity contribution in [3.05, 3.63) is 28.2 Å². The molecule has 1 aromatic rings. The first-order chi connectivity index (χ1) is 10.4. The fourth-order valence-corrected chi connectivity index (χ4v) is 2.83. The number of carbonyl (C=O) groups is 2. The number of amides is 1. The van der Waals surface area contributed by atoms with Crippen LogP contribution >= 0.6 is 15.9 Å². The molecule has 0 saturated carbocycles. The van der Waals surface area contributed by atoms with Crippen molar-refractivity contribution in [2.75, 3.05) is 19.8 Å². The number of rotatable bonds is 4. The van der Waals surface area contributed by atoms with Crippen molar-refractivity contribution in [1.82, 2.24) is 4.90 Å². The molecule has 1 saturated heterocycles. The number of carboxylic acids is 1. The van der Waals surface area contributed by atoms with E-state index in [1.165, 1.54) is 4.90 Å². The molecule has 2 atom stereocenters. The molecule has 1 fully saturated rings. The van der Waals surface area contributed by atoms with E-state index in [0.717, 1.165) is 10.0 Å². The average Bonchev–Trinajstić information content (AvgIpc) is 2.49. The maximum absolute atomic E-state index is 12.5. The van der Waals surface area contributed by atoms with E-state index >= 15 is 0 Å². The summed E-state index contributed by atoms with van der Waals surface area (Å²) in [5.74, 6) is -0.883. The molecule has 6 nitrogen and oxygen atoms in total. The summed E-state index contributed by atoms with van der Waals surface area (Å²) < 4.78 is 11.6. The molecule has 22 heavy (non-hydrogen) atoms. The van der Waals surface area contributed by atoms with Gasteiger partial charge in [0.15, 0.2) is 12.1 Å². The van der Waals surface area contributed by atoms with Crippen LogP contribution in [0.2, 0.25) is 0 Å². The van der Waals surface area contributed by atoms with Gasteiger partial charge in [-0.05, 0) is 47.5 Å². The van der Waals surface area contributed by atoms with E-state index in [0.29, 0.717) is 12.4 Å². The van der Waals surface area contributed by atoms with Crippen molar-refractivity contribution in [3.63, 3.8) is 0 Å². The maximum atomic E-state index is 12.5. The maximum Gasteiger partial charge on any atom is 0.328 e. The number of aryl methyl sites for hydroxylation is 1. The lowest BCUT2D eigenvalue weighted by Gasteiger charge is -2.34. The van der Waals surface area contributed by atoms with Gasteiger partial charge in [0.1, 0.15) is 5.75 Å². The van der Waals surface area contributed by atoms with Crippen LogP contribution in [0.3, 0.4) is 0 Å². The number of nitrogens with zero attached hydrogens (tertiary/aromatic N) is 1. The summed E-state index contributed by atoms with van der Waals surface area (Å²) in [5, 5.41) is 9.18. The zero-order valence-electron chi connectivity index (χ0n) is 12.4. The van der Waals surface area contributed by atoms with E-state index in [1.54, 1.807) is 13.0 Å². The lowest BCUT2D eigenvalue weighted by Crippen LogP contribution is -2.55. The molecule has 2 unspecified atom stereocenters. The van der Waals surface area contributed by atoms with Gasteiger partial charge < -0.3 is 19.5 Å². The molecule has 1 amide bonds. The molecule has 0 aliphatic carbocycles. The summed E-state index contributed by atoms with van der Waals surface area (Å²) in [7, 11) is 0. The Bertz CT molecular complexity index is 577. The summed E-state index contributed by atoms with van der Waals surface area (Å²) in [6, 6.07) is 4.58. The van der Waals surface area contributed by atoms with Gasteiger partial charge >= 0.3 is 5.97 Å². The highest BCUT2D eigenvalue weighted by Crippen LogP contribution is 2.27. The number of hydrogen-bond donors (Lipinski definition) is 1. The Kier molecular flexibility index (Phi) is 5.42. The summed E-state index contributed by atoms with van der Waals surface area (Å²) in [6.07, 6.45) is -0.779. The number of ether oxygens (including phenoxy) is 2. The minimum atomic E-state index is -1.07. The molecular formula is C15H18BrNO5. The molecule has 1 aliphatic rings. The van der Waals surface area contributed by atoms with Crippen LogP contribution in [0.25, 0.3) is 0 Å². The van der Waals surface area contributed by atoms with Gasteiger partial charge in [-0.2, -0.15) is 0 Å². The minimum absolute atomic E-state index is 0.00200. The second-order valence-corrected chi connectivity index (χ2v) is 6.01. The van der Waals surface area contributed by atoms with E-state index in [4.69, 9.17) is 9.47 Å². The van der Waals surface area contributed by atoms with Crippen LogP contribution < -0.4 is 4.74 Å². The third kappa shape index (κ3) is 3.78. The Morgan fingerprint density at radius 1 is 1.50 bits per heavy atom. The number of halogens is 1. The number of aliphatic carboxylic acids is 1. The zero-order chi connectivity index (χ0) is 16.3. The second kappa shape index (κ2) is 7.11. The molecule has 120 valence electrons. The number of benzene rings is 1. The first kappa shape index (κ1) is 16.8. The molecular weight excluding hydrogens is 354 g/mol. The van der Waals surface area contributed by atoms with E-state index in [1.807, 2.05) is 19.1 Å². The largest absolute Gasteiger partial charge is 0.480 e. The normalized spacial score (nSPS) is 19.6. The lowest BCUT2D eigenvalue weighted by atomic mass is 10.2. The third-order valence-electron chi connectivity index (χ3n) is 3.44. The fourth-order valence-electron chi connectivity index (χ4n) is 2.25. The van der Waals surface area contributed by atoms with Crippen LogP contribution in [0, 0.1) is 6.92 Å². The van der Waals surface area contributed by atoms with Gasteiger partial charge in [-0.15, -0.1) is 0 Å². The fraction of sp³-hybridized carbons (Fsp3) is 0.467. The second-order valence-electron chi connectivity index (χ2n) is 5.15. The predicted molar refractivity (Wildman–Crippen MR) is 82.9 cm³/mol. The summed E-state index contributed by atoms with van der Waals surface area (Å²) >= 11 is 3.39. The van der Waals surface area contributed by atoms with Gasteiger partial charge in [0.25, 0.3) is 5.91 Å². The van der Waals surface area contributed by atoms with Crippen molar-refractivity contribution in [2.45, 2.75) is 26.0 Å². The summed E-state index contributed by atoms with van der Waals surface area (Å²) in [6.45, 7) is 4.15. The average molecular weight is 372 g/mol. The minimum Gasteiger partial charge on any atom is -0.480 e. The molecule has 1 N–H and O–H groups in total. The Morgan fingerprint density at radius 2 is 2.23 bits per heavy atom. The van der Waals surface area contributed by atoms with E-state index in [2.05, 4.69) is 15.9 Å². The van der Waals surface area contributed by atoms with Crippen molar-refractivity contribution >= 4 is 27.8 Å². The van der Waals surface area contributed by atoms with Gasteiger partial charge in [-0.3, -0.25) is 4.79 Å². The highest BCUT2D eigenvalue weighted by molar-refractivity contribution is 9.10. The van der Waals surface area contributed by atoms with Crippen LogP contribution in [0.5, 0.6) is 5.75 Å². The van der Waals surface area contributed by atoms with E-state index in [-0.39, 0.29) is 19.1 Å². The first-order valence-corrected chi connectivity index (χ1v) is 7.73. The van der Waals surface area contributed by atoms with Crippen molar-refractivity contribution in [1.29, 1.82) is 0 Å². The zero-order valence-corrected chi connectivity index (χ0v) is 14.0. The van der Waals surface area contributed by atoms with Crippen molar-refractivity contribution < 1.29 is 24.2 Å². The van der Waals surface area contributed by atoms with E-state index < -0.39 is 18.1 Å². The highest BCUT2D eigenvalue weighted by Gasteiger charge is 2.35. The van der Waals surface area contributed by atoms with Gasteiger partial charge in [0, 0.05) is 6.54 Å². The van der Waals surface area contributed by atoms with Crippen LogP contribution in [0.15, 0.2) is 22.7 Å². The highest BCUT2D eigenvalue weighted by atomic mass is 79.9. The molecule has 7 heteroatoms. The van der Waals surface area contributed by atoms with Gasteiger partial charge in [-0.1, -0.05) is 6.07 Å². The van der Waals surface area contributed by atoms with Crippen molar-refractivity contribution in [2.24, 2.45) is 0 Å². The molecule has 0 radical (unpaired) electrons. The topological polar surface area (TPSA) is 76.1 Å². The Balaban J connectivity index is 2.09. The number of carbonyl (C=O) groups excluding carboxylic acids is 1. The molecule has 1 aromatic carbocycles. The quantitative estimate of drug-likeness (QED) is 0.873.